The van der Waals surface area contributed by atoms with E-state index in [1.165, 1.54) is 12.0 Å². The smallest absolute Gasteiger partial charge is 0.410 e. The maximum absolute atomic E-state index is 13.4. The molecule has 1 aromatic carbocycles. The molecule has 3 atom stereocenters. The van der Waals surface area contributed by atoms with Crippen LogP contribution in [0.15, 0.2) is 18.2 Å². The van der Waals surface area contributed by atoms with Crippen molar-refractivity contribution in [3.05, 3.63) is 34.3 Å². The molecular weight excluding hydrogens is 468 g/mol. The first kappa shape index (κ1) is 25.0. The second kappa shape index (κ2) is 9.72. The van der Waals surface area contributed by atoms with Crippen LogP contribution >= 0.6 is 23.8 Å². The van der Waals surface area contributed by atoms with Gasteiger partial charge in [0, 0.05) is 18.0 Å². The summed E-state index contributed by atoms with van der Waals surface area (Å²) < 4.78 is 10.6. The molecule has 1 fully saturated rings. The summed E-state index contributed by atoms with van der Waals surface area (Å²) in [6.07, 6.45) is -1.07. The molecule has 0 aromatic heterocycles. The molecule has 1 saturated heterocycles. The van der Waals surface area contributed by atoms with Gasteiger partial charge in [-0.25, -0.2) is 9.59 Å². The van der Waals surface area contributed by atoms with Crippen LogP contribution in [0.4, 0.5) is 4.79 Å². The molecule has 0 spiro atoms. The summed E-state index contributed by atoms with van der Waals surface area (Å²) in [5.41, 5.74) is 6.94. The highest BCUT2D eigenvalue weighted by Gasteiger charge is 2.46. The highest BCUT2D eigenvalue weighted by molar-refractivity contribution is 7.80. The largest absolute Gasteiger partial charge is 0.467 e. The van der Waals surface area contributed by atoms with Gasteiger partial charge in [0.1, 0.15) is 18.2 Å². The van der Waals surface area contributed by atoms with Crippen molar-refractivity contribution in [2.24, 2.45) is 11.1 Å². The number of carbonyl (C=O) groups excluding carboxylic acids is 3. The molecular formula is C22H29ClN4O5S. The summed E-state index contributed by atoms with van der Waals surface area (Å²) in [5.74, 6) is -0.949. The predicted octanol–water partition coefficient (Wildman–Crippen LogP) is 2.18. The fourth-order valence-corrected chi connectivity index (χ4v) is 4.54. The number of nitrogens with two attached hydrogens (primary N) is 1. The zero-order valence-corrected chi connectivity index (χ0v) is 20.7. The van der Waals surface area contributed by atoms with Crippen molar-refractivity contribution in [1.82, 2.24) is 15.1 Å². The lowest BCUT2D eigenvalue weighted by Gasteiger charge is -2.35. The van der Waals surface area contributed by atoms with Gasteiger partial charge >= 0.3 is 12.1 Å². The number of nitrogens with one attached hydrogen (secondary N) is 1. The molecule has 1 unspecified atom stereocenters. The molecule has 2 aliphatic rings. The summed E-state index contributed by atoms with van der Waals surface area (Å²) in [7, 11) is 1.25. The SMILES string of the molecule is COC(=O)[C@@H]1C[C@@H](OC(=O)N2Cc3cccc(Cl)c3C2)CN1C(=O)C(NC(N)=S)C(C)(C)C. The van der Waals surface area contributed by atoms with Gasteiger partial charge in [0.05, 0.1) is 20.2 Å². The molecule has 3 rings (SSSR count). The number of benzene rings is 1. The Balaban J connectivity index is 1.73. The van der Waals surface area contributed by atoms with Crippen LogP contribution in [0, 0.1) is 5.41 Å². The number of hydrogen-bond donors (Lipinski definition) is 2. The average molecular weight is 497 g/mol. The summed E-state index contributed by atoms with van der Waals surface area (Å²) in [6.45, 7) is 6.35. The highest BCUT2D eigenvalue weighted by atomic mass is 35.5. The van der Waals surface area contributed by atoms with Crippen molar-refractivity contribution >= 4 is 46.9 Å². The fraction of sp³-hybridized carbons (Fsp3) is 0.545. The second-order valence-corrected chi connectivity index (χ2v) is 10.2. The van der Waals surface area contributed by atoms with E-state index in [0.29, 0.717) is 18.1 Å². The van der Waals surface area contributed by atoms with Gasteiger partial charge in [-0.1, -0.05) is 44.5 Å². The van der Waals surface area contributed by atoms with Crippen LogP contribution in [0.3, 0.4) is 0 Å². The number of amides is 2. The molecule has 0 radical (unpaired) electrons. The van der Waals surface area contributed by atoms with Crippen LogP contribution in [0.2, 0.25) is 5.02 Å². The van der Waals surface area contributed by atoms with Crippen LogP contribution in [-0.2, 0) is 32.2 Å². The summed E-state index contributed by atoms with van der Waals surface area (Å²) in [6, 6.07) is 3.88. The van der Waals surface area contributed by atoms with Crippen molar-refractivity contribution in [1.29, 1.82) is 0 Å². The standard InChI is InChI=1S/C22H29ClN4O5S/c1-22(2,3)17(25-20(24)33)18(28)27-10-13(8-16(27)19(29)31-4)32-21(30)26-9-12-6-5-7-15(23)14(12)11-26/h5-7,13,16-17H,8-11H2,1-4H3,(H3,24,25,33)/t13-,16+,17?/m1/s1. The van der Waals surface area contributed by atoms with E-state index in [9.17, 15) is 14.4 Å². The number of carbonyl (C=O) groups is 3. The van der Waals surface area contributed by atoms with Crippen LogP contribution in [0.25, 0.3) is 0 Å². The average Bonchev–Trinajstić information content (AvgIpc) is 3.35. The molecule has 2 amide bonds. The lowest BCUT2D eigenvalue weighted by molar-refractivity contribution is -0.152. The quantitative estimate of drug-likeness (QED) is 0.481. The summed E-state index contributed by atoms with van der Waals surface area (Å²) >= 11 is 11.2. The molecule has 2 aliphatic heterocycles. The normalized spacial score (nSPS) is 20.8. The van der Waals surface area contributed by atoms with E-state index in [2.05, 4.69) is 5.32 Å². The van der Waals surface area contributed by atoms with Crippen molar-refractivity contribution in [3.8, 4) is 0 Å². The van der Waals surface area contributed by atoms with Gasteiger partial charge in [-0.05, 0) is 34.8 Å². The van der Waals surface area contributed by atoms with E-state index < -0.39 is 35.7 Å². The predicted molar refractivity (Wildman–Crippen MR) is 126 cm³/mol. The van der Waals surface area contributed by atoms with Crippen molar-refractivity contribution in [2.75, 3.05) is 13.7 Å². The lowest BCUT2D eigenvalue weighted by Crippen LogP contribution is -2.57. The molecule has 33 heavy (non-hydrogen) atoms. The number of nitrogens with zero attached hydrogens (tertiary/aromatic N) is 2. The number of esters is 1. The molecule has 3 N–H and O–H groups in total. The molecule has 1 aromatic rings. The fourth-order valence-electron chi connectivity index (χ4n) is 4.17. The number of methoxy groups -OCH3 is 1. The van der Waals surface area contributed by atoms with Gasteiger partial charge in [0.2, 0.25) is 5.91 Å². The zero-order chi connectivity index (χ0) is 24.5. The van der Waals surface area contributed by atoms with E-state index in [1.54, 1.807) is 11.0 Å². The van der Waals surface area contributed by atoms with E-state index in [-0.39, 0.29) is 24.0 Å². The topological polar surface area (TPSA) is 114 Å². The molecule has 0 bridgehead atoms. The lowest BCUT2D eigenvalue weighted by atomic mass is 9.85. The Labute approximate surface area is 203 Å². The number of halogens is 1. The Morgan fingerprint density at radius 1 is 1.27 bits per heavy atom. The Bertz CT molecular complexity index is 967. The summed E-state index contributed by atoms with van der Waals surface area (Å²) in [4.78, 5) is 41.6. The number of likely N-dealkylation sites (tertiary alicyclic amines) is 1. The number of thiocarbonyl (C=S) groups is 1. The highest BCUT2D eigenvalue weighted by Crippen LogP contribution is 2.31. The minimum atomic E-state index is -0.886. The van der Waals surface area contributed by atoms with E-state index in [4.69, 9.17) is 39.0 Å². The second-order valence-electron chi connectivity index (χ2n) is 9.31. The van der Waals surface area contributed by atoms with Gasteiger partial charge in [-0.3, -0.25) is 9.69 Å². The van der Waals surface area contributed by atoms with Gasteiger partial charge in [0.15, 0.2) is 5.11 Å². The minimum absolute atomic E-state index is 0.0210. The number of rotatable bonds is 4. The van der Waals surface area contributed by atoms with Crippen LogP contribution in [-0.4, -0.2) is 64.7 Å². The molecule has 9 nitrogen and oxygen atoms in total. The Hall–Kier alpha value is -2.59. The van der Waals surface area contributed by atoms with Gasteiger partial charge in [0.25, 0.3) is 0 Å². The molecule has 2 heterocycles. The van der Waals surface area contributed by atoms with Crippen molar-refractivity contribution in [2.45, 2.75) is 58.5 Å². The number of ether oxygens (including phenoxy) is 2. The third-order valence-corrected chi connectivity index (χ3v) is 6.34. The van der Waals surface area contributed by atoms with Gasteiger partial charge in [-0.2, -0.15) is 0 Å². The van der Waals surface area contributed by atoms with E-state index >= 15 is 0 Å². The molecule has 0 aliphatic carbocycles. The van der Waals surface area contributed by atoms with Gasteiger partial charge < -0.3 is 25.4 Å². The zero-order valence-electron chi connectivity index (χ0n) is 19.1. The molecule has 0 saturated carbocycles. The third kappa shape index (κ3) is 5.50. The number of fused-ring (bicyclic) bond motifs is 1. The van der Waals surface area contributed by atoms with Crippen LogP contribution in [0.1, 0.15) is 38.3 Å². The monoisotopic (exact) mass is 496 g/mol. The first-order valence-electron chi connectivity index (χ1n) is 10.6. The van der Waals surface area contributed by atoms with Gasteiger partial charge in [-0.15, -0.1) is 0 Å². The minimum Gasteiger partial charge on any atom is -0.467 e. The van der Waals surface area contributed by atoms with E-state index in [1.807, 2.05) is 32.9 Å². The van der Waals surface area contributed by atoms with Crippen molar-refractivity contribution < 1.29 is 23.9 Å². The first-order valence-corrected chi connectivity index (χ1v) is 11.4. The number of hydrogen-bond acceptors (Lipinski definition) is 6. The Kier molecular flexibility index (Phi) is 7.38. The Morgan fingerprint density at radius 3 is 2.55 bits per heavy atom. The third-order valence-electron chi connectivity index (χ3n) is 5.87. The Morgan fingerprint density at radius 2 is 1.97 bits per heavy atom. The van der Waals surface area contributed by atoms with Crippen LogP contribution < -0.4 is 11.1 Å². The maximum atomic E-state index is 13.4. The molecule has 180 valence electrons. The van der Waals surface area contributed by atoms with Crippen molar-refractivity contribution in [3.63, 3.8) is 0 Å². The van der Waals surface area contributed by atoms with Crippen LogP contribution in [0.5, 0.6) is 0 Å². The summed E-state index contributed by atoms with van der Waals surface area (Å²) in [5, 5.41) is 3.41. The maximum Gasteiger partial charge on any atom is 0.410 e. The first-order chi connectivity index (χ1) is 15.4. The van der Waals surface area contributed by atoms with E-state index in [0.717, 1.165) is 11.1 Å². The molecule has 11 heteroatoms.